The van der Waals surface area contributed by atoms with Gasteiger partial charge in [-0.25, -0.2) is 0 Å². The van der Waals surface area contributed by atoms with Gasteiger partial charge in [0.15, 0.2) is 0 Å². The van der Waals surface area contributed by atoms with E-state index in [9.17, 15) is 9.59 Å². The van der Waals surface area contributed by atoms with E-state index in [0.717, 1.165) is 0 Å². The van der Waals surface area contributed by atoms with Crippen molar-refractivity contribution in [3.8, 4) is 5.75 Å². The van der Waals surface area contributed by atoms with Crippen LogP contribution in [-0.2, 0) is 9.59 Å². The molecule has 1 unspecified atom stereocenters. The Morgan fingerprint density at radius 3 is 2.47 bits per heavy atom. The molecule has 1 aromatic rings. The molecule has 0 heterocycles. The molecule has 0 saturated heterocycles. The molecule has 1 atom stereocenters. The van der Waals surface area contributed by atoms with Gasteiger partial charge in [0.05, 0.1) is 0 Å². The summed E-state index contributed by atoms with van der Waals surface area (Å²) < 4.78 is 5.17. The molecule has 1 aromatic carbocycles. The number of hydrogen-bond donors (Lipinski definition) is 3. The Bertz CT molecular complexity index is 402. The van der Waals surface area contributed by atoms with Gasteiger partial charge >= 0.3 is 5.97 Å². The van der Waals surface area contributed by atoms with Crippen LogP contribution in [0.3, 0.4) is 0 Å². The quantitative estimate of drug-likeness (QED) is 0.690. The van der Waals surface area contributed by atoms with E-state index in [4.69, 9.17) is 15.6 Å². The van der Waals surface area contributed by atoms with Crippen LogP contribution in [0.4, 0.5) is 5.69 Å². The molecule has 0 aromatic heterocycles. The highest BCUT2D eigenvalue weighted by molar-refractivity contribution is 5.88. The lowest BCUT2D eigenvalue weighted by molar-refractivity contribution is -0.139. The van der Waals surface area contributed by atoms with Crippen molar-refractivity contribution in [2.75, 3.05) is 11.9 Å². The van der Waals surface area contributed by atoms with Crippen LogP contribution in [-0.4, -0.2) is 29.6 Å². The zero-order chi connectivity index (χ0) is 12.8. The van der Waals surface area contributed by atoms with Crippen molar-refractivity contribution < 1.29 is 19.4 Å². The number of anilines is 1. The van der Waals surface area contributed by atoms with Gasteiger partial charge in [0, 0.05) is 12.6 Å². The van der Waals surface area contributed by atoms with E-state index in [2.05, 4.69) is 5.32 Å². The molecule has 17 heavy (non-hydrogen) atoms. The third-order valence-corrected chi connectivity index (χ3v) is 1.92. The van der Waals surface area contributed by atoms with Gasteiger partial charge in [-0.05, 0) is 24.3 Å². The average molecular weight is 238 g/mol. The van der Waals surface area contributed by atoms with E-state index in [1.54, 1.807) is 24.3 Å². The number of carbonyl (C=O) groups excluding carboxylic acids is 1. The Morgan fingerprint density at radius 2 is 2.00 bits per heavy atom. The number of carbonyl (C=O) groups is 2. The van der Waals surface area contributed by atoms with Gasteiger partial charge in [-0.3, -0.25) is 9.59 Å². The third kappa shape index (κ3) is 4.52. The Balaban J connectivity index is 2.51. The van der Waals surface area contributed by atoms with Gasteiger partial charge in [-0.2, -0.15) is 0 Å². The highest BCUT2D eigenvalue weighted by Gasteiger charge is 2.11. The zero-order valence-corrected chi connectivity index (χ0v) is 9.34. The molecule has 0 aliphatic rings. The minimum absolute atomic E-state index is 0.102. The predicted octanol–water partition coefficient (Wildman–Crippen LogP) is 0.436. The van der Waals surface area contributed by atoms with E-state index >= 15 is 0 Å². The molecule has 92 valence electrons. The molecule has 4 N–H and O–H groups in total. The molecule has 6 nitrogen and oxygen atoms in total. The van der Waals surface area contributed by atoms with Crippen molar-refractivity contribution in [3.63, 3.8) is 0 Å². The minimum atomic E-state index is -1.11. The molecule has 0 bridgehead atoms. The smallest absolute Gasteiger partial charge is 0.324 e. The van der Waals surface area contributed by atoms with E-state index < -0.39 is 12.0 Å². The van der Waals surface area contributed by atoms with Crippen LogP contribution >= 0.6 is 0 Å². The number of nitrogens with one attached hydrogen (secondary N) is 1. The lowest BCUT2D eigenvalue weighted by Crippen LogP contribution is -2.36. The van der Waals surface area contributed by atoms with Gasteiger partial charge in [-0.1, -0.05) is 0 Å². The first-order valence-corrected chi connectivity index (χ1v) is 4.98. The number of ether oxygens (including phenoxy) is 1. The van der Waals surface area contributed by atoms with Gasteiger partial charge in [0.1, 0.15) is 18.4 Å². The van der Waals surface area contributed by atoms with E-state index in [0.29, 0.717) is 11.4 Å². The van der Waals surface area contributed by atoms with Crippen LogP contribution in [0.5, 0.6) is 5.75 Å². The minimum Gasteiger partial charge on any atom is -0.491 e. The van der Waals surface area contributed by atoms with E-state index in [-0.39, 0.29) is 12.5 Å². The summed E-state index contributed by atoms with van der Waals surface area (Å²) in [4.78, 5) is 21.2. The van der Waals surface area contributed by atoms with Gasteiger partial charge in [-0.15, -0.1) is 0 Å². The van der Waals surface area contributed by atoms with E-state index in [1.165, 1.54) is 6.92 Å². The molecule has 0 spiro atoms. The Kier molecular flexibility index (Phi) is 4.47. The molecule has 1 rings (SSSR count). The van der Waals surface area contributed by atoms with Crippen molar-refractivity contribution in [1.29, 1.82) is 0 Å². The summed E-state index contributed by atoms with van der Waals surface area (Å²) >= 11 is 0. The summed E-state index contributed by atoms with van der Waals surface area (Å²) in [7, 11) is 0. The maximum absolute atomic E-state index is 10.8. The molecule has 0 fully saturated rings. The fraction of sp³-hybridized carbons (Fsp3) is 0.273. The first-order valence-electron chi connectivity index (χ1n) is 4.98. The van der Waals surface area contributed by atoms with Crippen molar-refractivity contribution in [2.24, 2.45) is 5.73 Å². The highest BCUT2D eigenvalue weighted by atomic mass is 16.5. The summed E-state index contributed by atoms with van der Waals surface area (Å²) in [6, 6.07) is 5.51. The molecular formula is C11H14N2O4. The monoisotopic (exact) mass is 238 g/mol. The number of hydrogen-bond acceptors (Lipinski definition) is 4. The van der Waals surface area contributed by atoms with Gasteiger partial charge < -0.3 is 20.9 Å². The fourth-order valence-electron chi connectivity index (χ4n) is 1.10. The Morgan fingerprint density at radius 1 is 1.41 bits per heavy atom. The summed E-state index contributed by atoms with van der Waals surface area (Å²) in [6.07, 6.45) is 0. The lowest BCUT2D eigenvalue weighted by Gasteiger charge is -2.09. The van der Waals surface area contributed by atoms with Crippen molar-refractivity contribution in [2.45, 2.75) is 13.0 Å². The fourth-order valence-corrected chi connectivity index (χ4v) is 1.10. The van der Waals surface area contributed by atoms with Gasteiger partial charge in [0.2, 0.25) is 5.91 Å². The number of aliphatic carboxylic acids is 1. The zero-order valence-electron chi connectivity index (χ0n) is 9.34. The van der Waals surface area contributed by atoms with Gasteiger partial charge in [0.25, 0.3) is 0 Å². The summed E-state index contributed by atoms with van der Waals surface area (Å²) in [5.74, 6) is -0.776. The van der Waals surface area contributed by atoms with Crippen molar-refractivity contribution in [3.05, 3.63) is 24.3 Å². The van der Waals surface area contributed by atoms with Crippen LogP contribution in [0.25, 0.3) is 0 Å². The maximum atomic E-state index is 10.8. The summed E-state index contributed by atoms with van der Waals surface area (Å²) in [5, 5.41) is 11.2. The second-order valence-corrected chi connectivity index (χ2v) is 3.46. The van der Waals surface area contributed by atoms with Crippen molar-refractivity contribution >= 4 is 17.6 Å². The molecule has 0 aliphatic heterocycles. The van der Waals surface area contributed by atoms with Crippen molar-refractivity contribution in [1.82, 2.24) is 0 Å². The second kappa shape index (κ2) is 5.86. The first-order chi connectivity index (χ1) is 7.99. The first kappa shape index (κ1) is 13.0. The number of carboxylic acids is 1. The second-order valence-electron chi connectivity index (χ2n) is 3.46. The SMILES string of the molecule is CC(=O)Nc1ccc(OCC(N)C(=O)O)cc1. The summed E-state index contributed by atoms with van der Waals surface area (Å²) in [5.41, 5.74) is 5.92. The molecule has 6 heteroatoms. The third-order valence-electron chi connectivity index (χ3n) is 1.92. The average Bonchev–Trinajstić information content (AvgIpc) is 2.26. The predicted molar refractivity (Wildman–Crippen MR) is 61.9 cm³/mol. The largest absolute Gasteiger partial charge is 0.491 e. The Hall–Kier alpha value is -2.08. The number of amides is 1. The van der Waals surface area contributed by atoms with Crippen LogP contribution in [0.2, 0.25) is 0 Å². The lowest BCUT2D eigenvalue weighted by atomic mass is 10.3. The topological polar surface area (TPSA) is 102 Å². The number of carboxylic acid groups (broad SMARTS) is 1. The number of nitrogens with two attached hydrogens (primary N) is 1. The molecule has 0 radical (unpaired) electrons. The summed E-state index contributed by atoms with van der Waals surface area (Å²) in [6.45, 7) is 1.31. The number of rotatable bonds is 5. The molecule has 0 saturated carbocycles. The molecule has 1 amide bonds. The number of benzene rings is 1. The van der Waals surface area contributed by atoms with Crippen LogP contribution in [0, 0.1) is 0 Å². The normalized spacial score (nSPS) is 11.6. The highest BCUT2D eigenvalue weighted by Crippen LogP contribution is 2.15. The van der Waals surface area contributed by atoms with Crippen LogP contribution in [0.15, 0.2) is 24.3 Å². The Labute approximate surface area is 98.4 Å². The molecule has 0 aliphatic carbocycles. The molecular weight excluding hydrogens is 224 g/mol. The maximum Gasteiger partial charge on any atom is 0.324 e. The van der Waals surface area contributed by atoms with Crippen LogP contribution < -0.4 is 15.8 Å². The standard InChI is InChI=1S/C11H14N2O4/c1-7(14)13-8-2-4-9(5-3-8)17-6-10(12)11(15)16/h2-5,10H,6,12H2,1H3,(H,13,14)(H,15,16). The van der Waals surface area contributed by atoms with Crippen LogP contribution in [0.1, 0.15) is 6.92 Å². The van der Waals surface area contributed by atoms with E-state index in [1.807, 2.05) is 0 Å².